The summed E-state index contributed by atoms with van der Waals surface area (Å²) >= 11 is 18.1. The Morgan fingerprint density at radius 2 is 2.03 bits per heavy atom. The Morgan fingerprint density at radius 1 is 1.28 bits per heavy atom. The molecule has 0 spiro atoms. The zero-order chi connectivity index (χ0) is 21.0. The third kappa shape index (κ3) is 5.95. The summed E-state index contributed by atoms with van der Waals surface area (Å²) in [6.45, 7) is 2.59. The van der Waals surface area contributed by atoms with Gasteiger partial charge in [0.25, 0.3) is 11.6 Å². The number of amides is 1. The monoisotopic (exact) mass is 463 g/mol. The van der Waals surface area contributed by atoms with Crippen LogP contribution in [0.25, 0.3) is 0 Å². The van der Waals surface area contributed by atoms with Crippen molar-refractivity contribution < 1.29 is 14.5 Å². The fourth-order valence-electron chi connectivity index (χ4n) is 4.17. The third-order valence-corrected chi connectivity index (χ3v) is 6.18. The van der Waals surface area contributed by atoms with Crippen molar-refractivity contribution in [2.45, 2.75) is 48.2 Å². The van der Waals surface area contributed by atoms with Crippen molar-refractivity contribution in [3.8, 4) is 0 Å². The van der Waals surface area contributed by atoms with Crippen LogP contribution < -0.4 is 5.32 Å². The Kier molecular flexibility index (Phi) is 7.62. The maximum absolute atomic E-state index is 12.6. The van der Waals surface area contributed by atoms with Gasteiger partial charge in [-0.15, -0.1) is 0 Å². The number of hydrogen-bond donors (Lipinski definition) is 1. The van der Waals surface area contributed by atoms with E-state index >= 15 is 0 Å². The van der Waals surface area contributed by atoms with E-state index in [-0.39, 0.29) is 11.3 Å². The Bertz CT molecular complexity index is 742. The minimum atomic E-state index is -1.88. The second-order valence-electron chi connectivity index (χ2n) is 7.54. The molecular formula is C19H24Cl3N3O4. The second-order valence-corrected chi connectivity index (χ2v) is 9.91. The SMILES string of the molecule is O=C(NC(OC[C@@H]1CCCN2CCCC[C@H]12)C(Cl)(Cl)Cl)c1cccc([N+](=O)[O-])c1. The van der Waals surface area contributed by atoms with E-state index < -0.39 is 20.9 Å². The lowest BCUT2D eigenvalue weighted by atomic mass is 9.84. The van der Waals surface area contributed by atoms with Gasteiger partial charge in [0, 0.05) is 23.7 Å². The molecular weight excluding hydrogens is 441 g/mol. The summed E-state index contributed by atoms with van der Waals surface area (Å²) in [5.74, 6) is -0.290. The van der Waals surface area contributed by atoms with Gasteiger partial charge >= 0.3 is 0 Å². The fraction of sp³-hybridized carbons (Fsp3) is 0.632. The average Bonchev–Trinajstić information content (AvgIpc) is 2.70. The van der Waals surface area contributed by atoms with Crippen LogP contribution in [0.2, 0.25) is 0 Å². The predicted octanol–water partition coefficient (Wildman–Crippen LogP) is 4.30. The topological polar surface area (TPSA) is 84.7 Å². The summed E-state index contributed by atoms with van der Waals surface area (Å²) in [7, 11) is 0. The molecule has 0 saturated carbocycles. The van der Waals surface area contributed by atoms with Crippen LogP contribution >= 0.6 is 34.8 Å². The Hall–Kier alpha value is -1.12. The average molecular weight is 465 g/mol. The molecule has 2 saturated heterocycles. The van der Waals surface area contributed by atoms with Crippen molar-refractivity contribution in [2.75, 3.05) is 19.7 Å². The third-order valence-electron chi connectivity index (χ3n) is 5.58. The Balaban J connectivity index is 1.65. The molecule has 1 aromatic carbocycles. The van der Waals surface area contributed by atoms with Gasteiger partial charge in [0.15, 0.2) is 6.23 Å². The molecule has 2 heterocycles. The number of carbonyl (C=O) groups excluding carboxylic acids is 1. The molecule has 2 aliphatic rings. The second kappa shape index (κ2) is 9.79. The van der Waals surface area contributed by atoms with Gasteiger partial charge in [-0.25, -0.2) is 0 Å². The number of non-ortho nitro benzene ring substituents is 1. The highest BCUT2D eigenvalue weighted by molar-refractivity contribution is 6.68. The normalized spacial score (nSPS) is 23.8. The summed E-state index contributed by atoms with van der Waals surface area (Å²) < 4.78 is 4.00. The number of rotatable bonds is 6. The maximum Gasteiger partial charge on any atom is 0.270 e. The summed E-state index contributed by atoms with van der Waals surface area (Å²) in [5.41, 5.74) is -0.0956. The lowest BCUT2D eigenvalue weighted by molar-refractivity contribution is -0.384. The molecule has 0 bridgehead atoms. The molecule has 2 fully saturated rings. The lowest BCUT2D eigenvalue weighted by Crippen LogP contribution is -2.51. The van der Waals surface area contributed by atoms with Crippen LogP contribution in [0.4, 0.5) is 5.69 Å². The summed E-state index contributed by atoms with van der Waals surface area (Å²) in [6.07, 6.45) is 4.52. The number of hydrogen-bond acceptors (Lipinski definition) is 5. The molecule has 2 aliphatic heterocycles. The number of fused-ring (bicyclic) bond motifs is 1. The van der Waals surface area contributed by atoms with Gasteiger partial charge in [-0.2, -0.15) is 0 Å². The molecule has 1 amide bonds. The summed E-state index contributed by atoms with van der Waals surface area (Å²) in [5, 5.41) is 13.5. The molecule has 0 aromatic heterocycles. The molecule has 1 N–H and O–H groups in total. The molecule has 3 atom stereocenters. The highest BCUT2D eigenvalue weighted by Crippen LogP contribution is 2.34. The lowest BCUT2D eigenvalue weighted by Gasteiger charge is -2.44. The van der Waals surface area contributed by atoms with E-state index in [9.17, 15) is 14.9 Å². The van der Waals surface area contributed by atoms with Gasteiger partial charge in [0.1, 0.15) is 0 Å². The van der Waals surface area contributed by atoms with Crippen LogP contribution in [0.5, 0.6) is 0 Å². The smallest absolute Gasteiger partial charge is 0.270 e. The number of benzene rings is 1. The molecule has 1 unspecified atom stereocenters. The molecule has 10 heteroatoms. The molecule has 29 heavy (non-hydrogen) atoms. The van der Waals surface area contributed by atoms with Crippen LogP contribution in [0.3, 0.4) is 0 Å². The van der Waals surface area contributed by atoms with Crippen LogP contribution in [0.1, 0.15) is 42.5 Å². The first-order valence-electron chi connectivity index (χ1n) is 9.73. The van der Waals surface area contributed by atoms with Crippen LogP contribution in [-0.2, 0) is 4.74 Å². The molecule has 0 aliphatic carbocycles. The fourth-order valence-corrected chi connectivity index (χ4v) is 4.53. The van der Waals surface area contributed by atoms with Crippen molar-refractivity contribution in [3.63, 3.8) is 0 Å². The van der Waals surface area contributed by atoms with E-state index in [1.165, 1.54) is 37.1 Å². The van der Waals surface area contributed by atoms with Crippen molar-refractivity contribution in [1.82, 2.24) is 10.2 Å². The van der Waals surface area contributed by atoms with Crippen molar-refractivity contribution in [2.24, 2.45) is 5.92 Å². The van der Waals surface area contributed by atoms with E-state index in [2.05, 4.69) is 10.2 Å². The van der Waals surface area contributed by atoms with Gasteiger partial charge in [-0.05, 0) is 50.8 Å². The van der Waals surface area contributed by atoms with E-state index in [0.29, 0.717) is 18.6 Å². The summed E-state index contributed by atoms with van der Waals surface area (Å²) in [6, 6.07) is 5.82. The minimum absolute atomic E-state index is 0.0955. The van der Waals surface area contributed by atoms with Crippen LogP contribution in [0.15, 0.2) is 24.3 Å². The zero-order valence-electron chi connectivity index (χ0n) is 15.9. The van der Waals surface area contributed by atoms with E-state index in [1.807, 2.05) is 0 Å². The number of halogens is 3. The Labute approximate surface area is 184 Å². The predicted molar refractivity (Wildman–Crippen MR) is 113 cm³/mol. The van der Waals surface area contributed by atoms with Gasteiger partial charge in [0.05, 0.1) is 11.5 Å². The van der Waals surface area contributed by atoms with Gasteiger partial charge in [0.2, 0.25) is 3.79 Å². The van der Waals surface area contributed by atoms with Crippen molar-refractivity contribution >= 4 is 46.4 Å². The first-order valence-corrected chi connectivity index (χ1v) is 10.9. The highest BCUT2D eigenvalue weighted by Gasteiger charge is 2.38. The maximum atomic E-state index is 12.6. The number of piperidine rings is 2. The number of alkyl halides is 3. The van der Waals surface area contributed by atoms with Gasteiger partial charge < -0.3 is 15.0 Å². The molecule has 1 aromatic rings. The number of ether oxygens (including phenoxy) is 1. The Morgan fingerprint density at radius 3 is 2.76 bits per heavy atom. The van der Waals surface area contributed by atoms with Crippen molar-refractivity contribution in [3.05, 3.63) is 39.9 Å². The zero-order valence-corrected chi connectivity index (χ0v) is 18.1. The number of carbonyl (C=O) groups is 1. The van der Waals surface area contributed by atoms with Gasteiger partial charge in [-0.1, -0.05) is 47.3 Å². The molecule has 3 rings (SSSR count). The van der Waals surface area contributed by atoms with Crippen LogP contribution in [-0.4, -0.2) is 51.5 Å². The number of nitrogens with one attached hydrogen (secondary N) is 1. The standard InChI is InChI=1S/C19H24Cl3N3O4/c20-19(21,22)18(23-17(26)13-5-3-7-15(11-13)25(27)28)29-12-14-6-4-10-24-9-2-1-8-16(14)24/h3,5,7,11,14,16,18H,1-2,4,6,8-10,12H2,(H,23,26)/t14-,16+,18?/m0/s1. The number of nitro benzene ring substituents is 1. The van der Waals surface area contributed by atoms with E-state index in [0.717, 1.165) is 32.4 Å². The largest absolute Gasteiger partial charge is 0.354 e. The minimum Gasteiger partial charge on any atom is -0.354 e. The van der Waals surface area contributed by atoms with Crippen molar-refractivity contribution in [1.29, 1.82) is 0 Å². The summed E-state index contributed by atoms with van der Waals surface area (Å²) in [4.78, 5) is 25.4. The molecule has 7 nitrogen and oxygen atoms in total. The molecule has 0 radical (unpaired) electrons. The highest BCUT2D eigenvalue weighted by atomic mass is 35.6. The number of nitrogens with zero attached hydrogens (tertiary/aromatic N) is 2. The first-order chi connectivity index (χ1) is 13.8. The number of nitro groups is 1. The van der Waals surface area contributed by atoms with Gasteiger partial charge in [-0.3, -0.25) is 14.9 Å². The molecule has 160 valence electrons. The van der Waals surface area contributed by atoms with E-state index in [4.69, 9.17) is 39.5 Å². The first kappa shape index (κ1) is 22.6. The van der Waals surface area contributed by atoms with Crippen LogP contribution in [0, 0.1) is 16.0 Å². The quantitative estimate of drug-likeness (QED) is 0.294. The van der Waals surface area contributed by atoms with E-state index in [1.54, 1.807) is 0 Å².